The highest BCUT2D eigenvalue weighted by Crippen LogP contribution is 2.29. The molecule has 0 aliphatic carbocycles. The molecule has 0 spiro atoms. The summed E-state index contributed by atoms with van der Waals surface area (Å²) in [4.78, 5) is 50.6. The topological polar surface area (TPSA) is 161 Å². The van der Waals surface area contributed by atoms with Gasteiger partial charge in [-0.1, -0.05) is 17.3 Å². The molecule has 1 aliphatic rings. The normalized spacial score (nSPS) is 18.0. The second-order valence-electron chi connectivity index (χ2n) is 8.58. The van der Waals surface area contributed by atoms with Crippen molar-refractivity contribution in [1.82, 2.24) is 21.1 Å². The van der Waals surface area contributed by atoms with Crippen LogP contribution in [0.25, 0.3) is 0 Å². The maximum Gasteiger partial charge on any atom is 0.274 e. The van der Waals surface area contributed by atoms with Gasteiger partial charge in [-0.25, -0.2) is 0 Å². The van der Waals surface area contributed by atoms with Gasteiger partial charge in [0, 0.05) is 13.2 Å². The second kappa shape index (κ2) is 11.8. The van der Waals surface area contributed by atoms with E-state index >= 15 is 0 Å². The number of nitrogens with one attached hydrogen (secondary N) is 3. The Morgan fingerprint density at radius 1 is 1.14 bits per heavy atom. The average Bonchev–Trinajstić information content (AvgIpc) is 3.46. The minimum Gasteiger partial charge on any atom is -0.497 e. The van der Waals surface area contributed by atoms with E-state index in [1.807, 2.05) is 6.07 Å². The number of rotatable bonds is 13. The van der Waals surface area contributed by atoms with Crippen molar-refractivity contribution in [2.45, 2.75) is 38.0 Å². The van der Waals surface area contributed by atoms with E-state index in [9.17, 15) is 19.2 Å². The average molecular weight is 503 g/mol. The third-order valence-electron chi connectivity index (χ3n) is 5.56. The van der Waals surface area contributed by atoms with E-state index in [1.54, 1.807) is 32.0 Å². The zero-order chi connectivity index (χ0) is 26.3. The van der Waals surface area contributed by atoms with Crippen molar-refractivity contribution in [3.63, 3.8) is 0 Å². The summed E-state index contributed by atoms with van der Waals surface area (Å²) in [5.41, 5.74) is -0.158. The first-order chi connectivity index (χ1) is 17.1. The molecule has 3 amide bonds. The van der Waals surface area contributed by atoms with Crippen LogP contribution in [0.4, 0.5) is 0 Å². The van der Waals surface area contributed by atoms with Crippen LogP contribution in [0.15, 0.2) is 34.9 Å². The van der Waals surface area contributed by atoms with Crippen molar-refractivity contribution < 1.29 is 37.9 Å². The summed E-state index contributed by atoms with van der Waals surface area (Å²) < 4.78 is 20.4. The van der Waals surface area contributed by atoms with Gasteiger partial charge in [-0.05, 0) is 38.0 Å². The summed E-state index contributed by atoms with van der Waals surface area (Å²) in [6.07, 6.45) is 0.216. The van der Waals surface area contributed by atoms with Crippen molar-refractivity contribution in [1.29, 1.82) is 0 Å². The highest BCUT2D eigenvalue weighted by atomic mass is 16.6. The van der Waals surface area contributed by atoms with Gasteiger partial charge in [0.05, 0.1) is 32.9 Å². The second-order valence-corrected chi connectivity index (χ2v) is 8.58. The fourth-order valence-corrected chi connectivity index (χ4v) is 3.45. The number of Topliss-reactive ketones (excluding diaryl/α,β-unsaturated/α-hetero) is 1. The van der Waals surface area contributed by atoms with Gasteiger partial charge >= 0.3 is 0 Å². The van der Waals surface area contributed by atoms with E-state index in [0.717, 1.165) is 5.56 Å². The van der Waals surface area contributed by atoms with Crippen LogP contribution in [-0.4, -0.2) is 80.3 Å². The molecule has 3 rings (SSSR count). The Bertz CT molecular complexity index is 1110. The Balaban J connectivity index is 1.60. The SMILES string of the molecule is COC[C@H](NC(=O)c1cc(C)on1)C(=O)NCC(=O)N[C@@H](Cc1cccc(OC)c1)C(=O)[C@@]1(C)CO1. The van der Waals surface area contributed by atoms with E-state index in [0.29, 0.717) is 11.5 Å². The lowest BCUT2D eigenvalue weighted by Gasteiger charge is -2.21. The van der Waals surface area contributed by atoms with Crippen LogP contribution < -0.4 is 20.7 Å². The number of aryl methyl sites for hydroxylation is 1. The number of hydrogen-bond donors (Lipinski definition) is 3. The van der Waals surface area contributed by atoms with Crippen molar-refractivity contribution in [2.75, 3.05) is 34.0 Å². The molecule has 1 aromatic heterocycles. The molecule has 0 radical (unpaired) electrons. The number of amides is 3. The number of ether oxygens (including phenoxy) is 3. The van der Waals surface area contributed by atoms with E-state index in [-0.39, 0.29) is 31.1 Å². The lowest BCUT2D eigenvalue weighted by molar-refractivity contribution is -0.131. The zero-order valence-corrected chi connectivity index (χ0v) is 20.6. The molecule has 12 heteroatoms. The highest BCUT2D eigenvalue weighted by molar-refractivity contribution is 5.98. The largest absolute Gasteiger partial charge is 0.497 e. The standard InChI is InChI=1S/C24H30N4O8/c1-14-8-18(28-36-14)23(32)27-19(12-33-3)22(31)25-11-20(29)26-17(21(30)24(2)13-35-24)10-15-6-5-7-16(9-15)34-4/h5-9,17,19H,10-13H2,1-4H3,(H,25,31)(H,26,29)(H,27,32)/t17-,19-,24+/m0/s1. The maximum atomic E-state index is 13.0. The summed E-state index contributed by atoms with van der Waals surface area (Å²) in [6, 6.07) is 6.63. The van der Waals surface area contributed by atoms with Gasteiger partial charge in [0.15, 0.2) is 11.5 Å². The number of epoxide rings is 1. The third kappa shape index (κ3) is 7.12. The van der Waals surface area contributed by atoms with Crippen molar-refractivity contribution in [3.8, 4) is 5.75 Å². The first kappa shape index (κ1) is 26.8. The number of methoxy groups -OCH3 is 2. The summed E-state index contributed by atoms with van der Waals surface area (Å²) >= 11 is 0. The lowest BCUT2D eigenvalue weighted by atomic mass is 9.94. The molecule has 12 nitrogen and oxygen atoms in total. The van der Waals surface area contributed by atoms with Crippen molar-refractivity contribution >= 4 is 23.5 Å². The third-order valence-corrected chi connectivity index (χ3v) is 5.56. The molecule has 1 aliphatic heterocycles. The number of carbonyl (C=O) groups is 4. The number of benzene rings is 1. The van der Waals surface area contributed by atoms with Crippen LogP contribution in [0, 0.1) is 6.92 Å². The van der Waals surface area contributed by atoms with E-state index in [2.05, 4.69) is 21.1 Å². The van der Waals surface area contributed by atoms with Gasteiger partial charge < -0.3 is 34.7 Å². The Hall–Kier alpha value is -3.77. The number of carbonyl (C=O) groups excluding carboxylic acids is 4. The molecule has 0 bridgehead atoms. The molecule has 3 N–H and O–H groups in total. The van der Waals surface area contributed by atoms with Gasteiger partial charge in [0.25, 0.3) is 5.91 Å². The van der Waals surface area contributed by atoms with E-state index < -0.39 is 42.0 Å². The van der Waals surface area contributed by atoms with E-state index in [1.165, 1.54) is 20.3 Å². The molecule has 1 saturated heterocycles. The van der Waals surface area contributed by atoms with Crippen LogP contribution in [0.3, 0.4) is 0 Å². The molecular formula is C24H30N4O8. The molecule has 2 aromatic rings. The maximum absolute atomic E-state index is 13.0. The predicted octanol–water partition coefficient (Wildman–Crippen LogP) is -0.0619. The Morgan fingerprint density at radius 3 is 2.50 bits per heavy atom. The van der Waals surface area contributed by atoms with Crippen LogP contribution in [0.2, 0.25) is 0 Å². The molecule has 0 unspecified atom stereocenters. The molecule has 1 aromatic carbocycles. The quantitative estimate of drug-likeness (QED) is 0.319. The van der Waals surface area contributed by atoms with Gasteiger partial charge in [0.2, 0.25) is 11.8 Å². The fourth-order valence-electron chi connectivity index (χ4n) is 3.45. The molecule has 3 atom stereocenters. The summed E-state index contributed by atoms with van der Waals surface area (Å²) in [7, 11) is 2.91. The van der Waals surface area contributed by atoms with Gasteiger partial charge in [0.1, 0.15) is 23.2 Å². The summed E-state index contributed by atoms with van der Waals surface area (Å²) in [5, 5.41) is 11.2. The highest BCUT2D eigenvalue weighted by Gasteiger charge is 2.50. The van der Waals surface area contributed by atoms with Gasteiger partial charge in [-0.3, -0.25) is 19.2 Å². The Labute approximate surface area is 208 Å². The van der Waals surface area contributed by atoms with Crippen molar-refractivity contribution in [3.05, 3.63) is 47.3 Å². The minimum atomic E-state index is -1.08. The number of ketones is 1. The van der Waals surface area contributed by atoms with Crippen LogP contribution in [0.5, 0.6) is 5.75 Å². The summed E-state index contributed by atoms with van der Waals surface area (Å²) in [5.74, 6) is -1.06. The van der Waals surface area contributed by atoms with Gasteiger partial charge in [-0.2, -0.15) is 0 Å². The first-order valence-corrected chi connectivity index (χ1v) is 11.3. The Morgan fingerprint density at radius 2 is 1.89 bits per heavy atom. The number of nitrogens with zero attached hydrogens (tertiary/aromatic N) is 1. The molecule has 0 saturated carbocycles. The number of aromatic nitrogens is 1. The van der Waals surface area contributed by atoms with Gasteiger partial charge in [-0.15, -0.1) is 0 Å². The van der Waals surface area contributed by atoms with E-state index in [4.69, 9.17) is 18.7 Å². The molecular weight excluding hydrogens is 472 g/mol. The van der Waals surface area contributed by atoms with Crippen LogP contribution in [0.1, 0.15) is 28.7 Å². The predicted molar refractivity (Wildman–Crippen MR) is 125 cm³/mol. The Kier molecular flexibility index (Phi) is 8.78. The van der Waals surface area contributed by atoms with Crippen LogP contribution in [-0.2, 0) is 30.3 Å². The molecule has 36 heavy (non-hydrogen) atoms. The van der Waals surface area contributed by atoms with Crippen LogP contribution >= 0.6 is 0 Å². The van der Waals surface area contributed by atoms with Crippen molar-refractivity contribution in [2.24, 2.45) is 0 Å². The minimum absolute atomic E-state index is 0.00818. The first-order valence-electron chi connectivity index (χ1n) is 11.3. The smallest absolute Gasteiger partial charge is 0.274 e. The monoisotopic (exact) mass is 502 g/mol. The molecule has 2 heterocycles. The fraction of sp³-hybridized carbons (Fsp3) is 0.458. The molecule has 1 fully saturated rings. The molecule has 194 valence electrons. The number of hydrogen-bond acceptors (Lipinski definition) is 9. The summed E-state index contributed by atoms with van der Waals surface area (Å²) in [6.45, 7) is 3.01. The lowest BCUT2D eigenvalue weighted by Crippen LogP contribution is -2.53. The zero-order valence-electron chi connectivity index (χ0n) is 20.6.